The zero-order valence-electron chi connectivity index (χ0n) is 12.5. The minimum Gasteiger partial charge on any atom is -0.484 e. The van der Waals surface area contributed by atoms with Gasteiger partial charge in [0, 0.05) is 11.1 Å². The standard InChI is InChI=1S/C18H16N2O2S/c21-18(14-22-16-7-2-1-3-8-16)20(13-17-9-5-11-23-17)15-6-4-10-19-12-15/h1-12H,13-14H2. The molecular weight excluding hydrogens is 308 g/mol. The van der Waals surface area contributed by atoms with E-state index in [-0.39, 0.29) is 12.5 Å². The van der Waals surface area contributed by atoms with Crippen molar-refractivity contribution < 1.29 is 9.53 Å². The van der Waals surface area contributed by atoms with Crippen LogP contribution in [0.3, 0.4) is 0 Å². The number of rotatable bonds is 6. The van der Waals surface area contributed by atoms with Crippen LogP contribution in [0.1, 0.15) is 4.88 Å². The third kappa shape index (κ3) is 4.17. The molecule has 0 saturated carbocycles. The van der Waals surface area contributed by atoms with E-state index in [2.05, 4.69) is 4.98 Å². The summed E-state index contributed by atoms with van der Waals surface area (Å²) in [5.74, 6) is 0.582. The maximum absolute atomic E-state index is 12.6. The third-order valence-electron chi connectivity index (χ3n) is 3.26. The Bertz CT molecular complexity index is 730. The van der Waals surface area contributed by atoms with Crippen LogP contribution >= 0.6 is 11.3 Å². The van der Waals surface area contributed by atoms with E-state index in [4.69, 9.17) is 4.74 Å². The lowest BCUT2D eigenvalue weighted by molar-refractivity contribution is -0.120. The second kappa shape index (κ2) is 7.56. The molecule has 0 saturated heterocycles. The number of para-hydroxylation sites is 1. The van der Waals surface area contributed by atoms with E-state index in [1.807, 2.05) is 60.0 Å². The summed E-state index contributed by atoms with van der Waals surface area (Å²) in [6.45, 7) is 0.505. The first-order valence-electron chi connectivity index (χ1n) is 7.23. The summed E-state index contributed by atoms with van der Waals surface area (Å²) in [7, 11) is 0. The van der Waals surface area contributed by atoms with E-state index in [1.54, 1.807) is 28.6 Å². The van der Waals surface area contributed by atoms with Crippen molar-refractivity contribution in [1.29, 1.82) is 0 Å². The molecule has 116 valence electrons. The number of anilines is 1. The normalized spacial score (nSPS) is 10.3. The molecule has 2 heterocycles. The number of carbonyl (C=O) groups excluding carboxylic acids is 1. The first-order valence-corrected chi connectivity index (χ1v) is 8.11. The molecular formula is C18H16N2O2S. The van der Waals surface area contributed by atoms with Gasteiger partial charge in [-0.05, 0) is 35.7 Å². The van der Waals surface area contributed by atoms with Crippen molar-refractivity contribution in [3.05, 3.63) is 77.2 Å². The van der Waals surface area contributed by atoms with Gasteiger partial charge in [-0.2, -0.15) is 0 Å². The van der Waals surface area contributed by atoms with Gasteiger partial charge in [-0.3, -0.25) is 9.78 Å². The van der Waals surface area contributed by atoms with Crippen molar-refractivity contribution in [1.82, 2.24) is 4.98 Å². The zero-order valence-corrected chi connectivity index (χ0v) is 13.3. The highest BCUT2D eigenvalue weighted by molar-refractivity contribution is 7.09. The average molecular weight is 324 g/mol. The molecule has 0 aliphatic rings. The summed E-state index contributed by atoms with van der Waals surface area (Å²) in [6, 6.07) is 17.0. The van der Waals surface area contributed by atoms with Crippen LogP contribution in [0.25, 0.3) is 0 Å². The van der Waals surface area contributed by atoms with Crippen LogP contribution in [0.4, 0.5) is 5.69 Å². The van der Waals surface area contributed by atoms with Crippen molar-refractivity contribution in [3.63, 3.8) is 0 Å². The number of pyridine rings is 1. The number of hydrogen-bond donors (Lipinski definition) is 0. The van der Waals surface area contributed by atoms with E-state index < -0.39 is 0 Å². The van der Waals surface area contributed by atoms with Gasteiger partial charge in [-0.25, -0.2) is 0 Å². The molecule has 0 aliphatic carbocycles. The summed E-state index contributed by atoms with van der Waals surface area (Å²) in [5.41, 5.74) is 0.766. The van der Waals surface area contributed by atoms with E-state index in [1.165, 1.54) is 0 Å². The fraction of sp³-hybridized carbons (Fsp3) is 0.111. The van der Waals surface area contributed by atoms with Gasteiger partial charge < -0.3 is 9.64 Å². The molecule has 0 N–H and O–H groups in total. The van der Waals surface area contributed by atoms with Crippen molar-refractivity contribution >= 4 is 22.9 Å². The molecule has 0 bridgehead atoms. The lowest BCUT2D eigenvalue weighted by Crippen LogP contribution is -2.34. The maximum atomic E-state index is 12.6. The zero-order chi connectivity index (χ0) is 15.9. The summed E-state index contributed by atoms with van der Waals surface area (Å²) < 4.78 is 5.58. The lowest BCUT2D eigenvalue weighted by atomic mass is 10.3. The summed E-state index contributed by atoms with van der Waals surface area (Å²) >= 11 is 1.62. The minimum absolute atomic E-state index is 0.00964. The Hall–Kier alpha value is -2.66. The minimum atomic E-state index is -0.102. The van der Waals surface area contributed by atoms with E-state index in [9.17, 15) is 4.79 Å². The molecule has 4 nitrogen and oxygen atoms in total. The Morgan fingerprint density at radius 3 is 2.65 bits per heavy atom. The molecule has 3 rings (SSSR count). The molecule has 0 spiro atoms. The lowest BCUT2D eigenvalue weighted by Gasteiger charge is -2.22. The summed E-state index contributed by atoms with van der Waals surface area (Å²) in [5, 5.41) is 2.00. The highest BCUT2D eigenvalue weighted by Crippen LogP contribution is 2.19. The quantitative estimate of drug-likeness (QED) is 0.693. The predicted octanol–water partition coefficient (Wildman–Crippen LogP) is 3.76. The van der Waals surface area contributed by atoms with Gasteiger partial charge in [-0.15, -0.1) is 11.3 Å². The molecule has 0 radical (unpaired) electrons. The van der Waals surface area contributed by atoms with Gasteiger partial charge in [0.15, 0.2) is 6.61 Å². The molecule has 1 amide bonds. The van der Waals surface area contributed by atoms with Crippen LogP contribution in [0.5, 0.6) is 5.75 Å². The number of aromatic nitrogens is 1. The van der Waals surface area contributed by atoms with Crippen molar-refractivity contribution in [2.24, 2.45) is 0 Å². The second-order valence-electron chi connectivity index (χ2n) is 4.87. The first kappa shape index (κ1) is 15.2. The average Bonchev–Trinajstić information content (AvgIpc) is 3.12. The van der Waals surface area contributed by atoms with Gasteiger partial charge in [0.25, 0.3) is 5.91 Å². The van der Waals surface area contributed by atoms with Crippen LogP contribution in [-0.4, -0.2) is 17.5 Å². The van der Waals surface area contributed by atoms with Crippen LogP contribution in [0, 0.1) is 0 Å². The SMILES string of the molecule is O=C(COc1ccccc1)N(Cc1cccs1)c1cccnc1. The highest BCUT2D eigenvalue weighted by atomic mass is 32.1. The number of nitrogens with zero attached hydrogens (tertiary/aromatic N) is 2. The number of ether oxygens (including phenoxy) is 1. The molecule has 0 atom stereocenters. The molecule has 1 aromatic carbocycles. The molecule has 5 heteroatoms. The topological polar surface area (TPSA) is 42.4 Å². The maximum Gasteiger partial charge on any atom is 0.265 e. The van der Waals surface area contributed by atoms with Crippen LogP contribution in [0.15, 0.2) is 72.4 Å². The smallest absolute Gasteiger partial charge is 0.265 e. The summed E-state index contributed by atoms with van der Waals surface area (Å²) in [6.07, 6.45) is 3.38. The third-order valence-corrected chi connectivity index (χ3v) is 4.12. The second-order valence-corrected chi connectivity index (χ2v) is 5.90. The molecule has 0 unspecified atom stereocenters. The monoisotopic (exact) mass is 324 g/mol. The largest absolute Gasteiger partial charge is 0.484 e. The Morgan fingerprint density at radius 1 is 1.09 bits per heavy atom. The van der Waals surface area contributed by atoms with Gasteiger partial charge in [0.1, 0.15) is 5.75 Å². The van der Waals surface area contributed by atoms with Gasteiger partial charge in [-0.1, -0.05) is 24.3 Å². The van der Waals surface area contributed by atoms with E-state index in [0.29, 0.717) is 12.3 Å². The number of thiophene rings is 1. The van der Waals surface area contributed by atoms with Crippen LogP contribution in [0.2, 0.25) is 0 Å². The molecule has 2 aromatic heterocycles. The summed E-state index contributed by atoms with van der Waals surface area (Å²) in [4.78, 5) is 19.5. The fourth-order valence-electron chi connectivity index (χ4n) is 2.13. The predicted molar refractivity (Wildman–Crippen MR) is 91.7 cm³/mol. The van der Waals surface area contributed by atoms with Crippen LogP contribution < -0.4 is 9.64 Å². The first-order chi connectivity index (χ1) is 11.3. The van der Waals surface area contributed by atoms with E-state index >= 15 is 0 Å². The van der Waals surface area contributed by atoms with Crippen molar-refractivity contribution in [2.45, 2.75) is 6.54 Å². The Morgan fingerprint density at radius 2 is 1.96 bits per heavy atom. The Balaban J connectivity index is 1.73. The Kier molecular flexibility index (Phi) is 5.01. The van der Waals surface area contributed by atoms with E-state index in [0.717, 1.165) is 10.6 Å². The number of hydrogen-bond acceptors (Lipinski definition) is 4. The van der Waals surface area contributed by atoms with Gasteiger partial charge >= 0.3 is 0 Å². The van der Waals surface area contributed by atoms with Crippen molar-refractivity contribution in [2.75, 3.05) is 11.5 Å². The van der Waals surface area contributed by atoms with Crippen LogP contribution in [-0.2, 0) is 11.3 Å². The number of carbonyl (C=O) groups is 1. The molecule has 23 heavy (non-hydrogen) atoms. The molecule has 0 aliphatic heterocycles. The van der Waals surface area contributed by atoms with Gasteiger partial charge in [0.2, 0.25) is 0 Å². The molecule has 0 fully saturated rings. The van der Waals surface area contributed by atoms with Gasteiger partial charge in [0.05, 0.1) is 18.4 Å². The Labute approximate surface area is 139 Å². The van der Waals surface area contributed by atoms with Crippen molar-refractivity contribution in [3.8, 4) is 5.75 Å². The number of benzene rings is 1. The number of amides is 1. The highest BCUT2D eigenvalue weighted by Gasteiger charge is 2.17. The fourth-order valence-corrected chi connectivity index (χ4v) is 2.83. The molecule has 3 aromatic rings.